The molecule has 4 heteroatoms. The molecule has 0 aromatic carbocycles. The van der Waals surface area contributed by atoms with Crippen molar-refractivity contribution in [2.24, 2.45) is 0 Å². The first-order valence-corrected chi connectivity index (χ1v) is 4.88. The van der Waals surface area contributed by atoms with Crippen LogP contribution in [0.25, 0.3) is 0 Å². The quantitative estimate of drug-likeness (QED) is 0.531. The largest absolute Gasteiger partial charge is 0.346 e. The monoisotopic (exact) mass is 182 g/mol. The number of carbonyl (C=O) groups is 2. The first-order chi connectivity index (χ1) is 6.29. The van der Waals surface area contributed by atoms with Gasteiger partial charge in [0.2, 0.25) is 0 Å². The zero-order chi connectivity index (χ0) is 9.26. The fourth-order valence-electron chi connectivity index (χ4n) is 2.07. The van der Waals surface area contributed by atoms with Crippen molar-refractivity contribution < 1.29 is 9.59 Å². The van der Waals surface area contributed by atoms with Gasteiger partial charge in [-0.1, -0.05) is 12.8 Å². The van der Waals surface area contributed by atoms with Crippen molar-refractivity contribution in [3.8, 4) is 0 Å². The van der Waals surface area contributed by atoms with Crippen LogP contribution < -0.4 is 5.32 Å². The summed E-state index contributed by atoms with van der Waals surface area (Å²) in [6, 6.07) is 0.257. The molecule has 0 aromatic heterocycles. The number of hydrogen-bond acceptors (Lipinski definition) is 2. The van der Waals surface area contributed by atoms with Gasteiger partial charge in [0.25, 0.3) is 0 Å². The number of nitrogens with zero attached hydrogens (tertiary/aromatic N) is 1. The van der Waals surface area contributed by atoms with Gasteiger partial charge in [-0.25, -0.2) is 0 Å². The lowest BCUT2D eigenvalue weighted by Crippen LogP contribution is -2.57. The van der Waals surface area contributed by atoms with E-state index in [1.165, 1.54) is 12.8 Å². The molecular weight excluding hydrogens is 168 g/mol. The lowest BCUT2D eigenvalue weighted by Gasteiger charge is -2.33. The van der Waals surface area contributed by atoms with Crippen LogP contribution in [0, 0.1) is 0 Å². The highest BCUT2D eigenvalue weighted by atomic mass is 16.2. The molecule has 0 aromatic rings. The van der Waals surface area contributed by atoms with Crippen LogP contribution in [0.1, 0.15) is 25.7 Å². The molecule has 2 aliphatic rings. The van der Waals surface area contributed by atoms with Gasteiger partial charge in [0, 0.05) is 19.1 Å². The maximum absolute atomic E-state index is 11.4. The van der Waals surface area contributed by atoms with E-state index in [0.717, 1.165) is 19.4 Å². The summed E-state index contributed by atoms with van der Waals surface area (Å²) in [6.45, 7) is 1.40. The molecule has 0 aliphatic carbocycles. The zero-order valence-corrected chi connectivity index (χ0v) is 7.58. The van der Waals surface area contributed by atoms with Crippen molar-refractivity contribution in [1.29, 1.82) is 0 Å². The Bertz CT molecular complexity index is 240. The molecule has 1 unspecified atom stereocenters. The highest BCUT2D eigenvalue weighted by Crippen LogP contribution is 2.18. The van der Waals surface area contributed by atoms with Crippen molar-refractivity contribution >= 4 is 11.8 Å². The van der Waals surface area contributed by atoms with E-state index in [1.54, 1.807) is 4.90 Å². The van der Waals surface area contributed by atoms with Crippen LogP contribution >= 0.6 is 0 Å². The highest BCUT2D eigenvalue weighted by Gasteiger charge is 2.33. The predicted molar refractivity (Wildman–Crippen MR) is 47.0 cm³/mol. The van der Waals surface area contributed by atoms with Crippen molar-refractivity contribution in [2.45, 2.75) is 31.7 Å². The van der Waals surface area contributed by atoms with Gasteiger partial charge in [0.15, 0.2) is 0 Å². The van der Waals surface area contributed by atoms with Gasteiger partial charge in [-0.05, 0) is 12.8 Å². The highest BCUT2D eigenvalue weighted by molar-refractivity contribution is 6.35. The Morgan fingerprint density at radius 2 is 2.08 bits per heavy atom. The Morgan fingerprint density at radius 3 is 2.92 bits per heavy atom. The van der Waals surface area contributed by atoms with Crippen LogP contribution in [0.15, 0.2) is 0 Å². The lowest BCUT2D eigenvalue weighted by atomic mass is 10.1. The molecule has 2 fully saturated rings. The molecule has 1 N–H and O–H groups in total. The number of piperazine rings is 1. The second-order valence-corrected chi connectivity index (χ2v) is 3.71. The van der Waals surface area contributed by atoms with E-state index in [9.17, 15) is 9.59 Å². The summed E-state index contributed by atoms with van der Waals surface area (Å²) in [5.41, 5.74) is 0. The number of carbonyl (C=O) groups excluding carboxylic acids is 2. The molecule has 0 saturated carbocycles. The third-order valence-electron chi connectivity index (χ3n) is 2.83. The van der Waals surface area contributed by atoms with Gasteiger partial charge in [-0.3, -0.25) is 9.59 Å². The second-order valence-electron chi connectivity index (χ2n) is 3.71. The normalized spacial score (nSPS) is 29.2. The average Bonchev–Trinajstić information content (AvgIpc) is 2.36. The smallest absolute Gasteiger partial charge is 0.312 e. The lowest BCUT2D eigenvalue weighted by molar-refractivity contribution is -0.150. The summed E-state index contributed by atoms with van der Waals surface area (Å²) in [6.07, 6.45) is 4.42. The van der Waals surface area contributed by atoms with Gasteiger partial charge < -0.3 is 10.2 Å². The molecule has 2 rings (SSSR count). The van der Waals surface area contributed by atoms with Crippen LogP contribution in [0.3, 0.4) is 0 Å². The number of nitrogens with one attached hydrogen (secondary N) is 1. The van der Waals surface area contributed by atoms with Crippen molar-refractivity contribution in [3.63, 3.8) is 0 Å². The van der Waals surface area contributed by atoms with Crippen LogP contribution in [-0.2, 0) is 9.59 Å². The SMILES string of the molecule is O=C1NCC2CCCCCN2C1=O. The molecular formula is C9H14N2O2. The maximum Gasteiger partial charge on any atom is 0.312 e. The third-order valence-corrected chi connectivity index (χ3v) is 2.83. The van der Waals surface area contributed by atoms with E-state index in [1.807, 2.05) is 0 Å². The van der Waals surface area contributed by atoms with Crippen LogP contribution in [0.2, 0.25) is 0 Å². The minimum atomic E-state index is -0.432. The fourth-order valence-corrected chi connectivity index (χ4v) is 2.07. The molecule has 4 nitrogen and oxygen atoms in total. The summed E-state index contributed by atoms with van der Waals surface area (Å²) in [5.74, 6) is -0.767. The summed E-state index contributed by atoms with van der Waals surface area (Å²) >= 11 is 0. The molecule has 2 aliphatic heterocycles. The Hall–Kier alpha value is -1.06. The summed E-state index contributed by atoms with van der Waals surface area (Å²) in [7, 11) is 0. The van der Waals surface area contributed by atoms with Gasteiger partial charge in [-0.15, -0.1) is 0 Å². The summed E-state index contributed by atoms with van der Waals surface area (Å²) in [5, 5.41) is 2.63. The van der Waals surface area contributed by atoms with E-state index in [-0.39, 0.29) is 11.9 Å². The molecule has 72 valence electrons. The van der Waals surface area contributed by atoms with E-state index in [0.29, 0.717) is 6.54 Å². The Kier molecular flexibility index (Phi) is 2.20. The number of amides is 2. The Balaban J connectivity index is 2.12. The van der Waals surface area contributed by atoms with Crippen molar-refractivity contribution in [2.75, 3.05) is 13.1 Å². The van der Waals surface area contributed by atoms with Gasteiger partial charge >= 0.3 is 11.8 Å². The Morgan fingerprint density at radius 1 is 1.23 bits per heavy atom. The molecule has 0 bridgehead atoms. The zero-order valence-electron chi connectivity index (χ0n) is 7.58. The van der Waals surface area contributed by atoms with E-state index >= 15 is 0 Å². The van der Waals surface area contributed by atoms with Gasteiger partial charge in [0.1, 0.15) is 0 Å². The molecule has 0 spiro atoms. The molecule has 0 radical (unpaired) electrons. The first kappa shape index (κ1) is 8.53. The topological polar surface area (TPSA) is 49.4 Å². The Labute approximate surface area is 77.3 Å². The van der Waals surface area contributed by atoms with Crippen LogP contribution in [0.4, 0.5) is 0 Å². The summed E-state index contributed by atoms with van der Waals surface area (Å²) in [4.78, 5) is 24.2. The van der Waals surface area contributed by atoms with E-state index in [4.69, 9.17) is 0 Å². The minimum Gasteiger partial charge on any atom is -0.346 e. The molecule has 2 heterocycles. The first-order valence-electron chi connectivity index (χ1n) is 4.88. The summed E-state index contributed by atoms with van der Waals surface area (Å²) < 4.78 is 0. The van der Waals surface area contributed by atoms with Crippen LogP contribution in [0.5, 0.6) is 0 Å². The number of fused-ring (bicyclic) bond motifs is 1. The van der Waals surface area contributed by atoms with Gasteiger partial charge in [-0.2, -0.15) is 0 Å². The maximum atomic E-state index is 11.4. The standard InChI is InChI=1S/C9H14N2O2/c12-8-9(13)11-5-3-1-2-4-7(11)6-10-8/h7H,1-6H2,(H,10,12). The molecule has 2 saturated heterocycles. The van der Waals surface area contributed by atoms with Crippen molar-refractivity contribution in [3.05, 3.63) is 0 Å². The fraction of sp³-hybridized carbons (Fsp3) is 0.778. The number of rotatable bonds is 0. The molecule has 1 atom stereocenters. The number of hydrogen-bond donors (Lipinski definition) is 1. The predicted octanol–water partition coefficient (Wildman–Crippen LogP) is -0.113. The third kappa shape index (κ3) is 1.53. The van der Waals surface area contributed by atoms with E-state index < -0.39 is 5.91 Å². The second kappa shape index (κ2) is 3.36. The minimum absolute atomic E-state index is 0.257. The van der Waals surface area contributed by atoms with E-state index in [2.05, 4.69) is 5.32 Å². The van der Waals surface area contributed by atoms with Crippen LogP contribution in [-0.4, -0.2) is 35.8 Å². The molecule has 13 heavy (non-hydrogen) atoms. The average molecular weight is 182 g/mol. The van der Waals surface area contributed by atoms with Crippen molar-refractivity contribution in [1.82, 2.24) is 10.2 Å². The van der Waals surface area contributed by atoms with Gasteiger partial charge in [0.05, 0.1) is 0 Å². The molecule has 2 amide bonds.